The quantitative estimate of drug-likeness (QED) is 0.738. The monoisotopic (exact) mass is 345 g/mol. The maximum atomic E-state index is 11.4. The van der Waals surface area contributed by atoms with Gasteiger partial charge in [-0.15, -0.1) is 5.06 Å². The van der Waals surface area contributed by atoms with Gasteiger partial charge >= 0.3 is 6.16 Å². The van der Waals surface area contributed by atoms with Crippen LogP contribution in [-0.2, 0) is 16.1 Å². The van der Waals surface area contributed by atoms with Crippen LogP contribution < -0.4 is 0 Å². The van der Waals surface area contributed by atoms with Crippen molar-refractivity contribution >= 4 is 17.2 Å². The Morgan fingerprint density at radius 3 is 2.84 bits per heavy atom. The molecule has 0 radical (unpaired) electrons. The highest BCUT2D eigenvalue weighted by molar-refractivity contribution is 5.81. The first-order valence-corrected chi connectivity index (χ1v) is 9.26. The summed E-state index contributed by atoms with van der Waals surface area (Å²) in [5, 5.41) is 2.96. The Kier molecular flexibility index (Phi) is 5.91. The standard InChI is InChI=1S/C19H27N3O3/c1-3-5-11-21-14-17(16-7-6-10-20-18(16)21)15-8-12-22(13-9-15)25-19(23)24-4-2/h6-7,10,14-15H,3-5,8-9,11-13H2,1-2H3. The van der Waals surface area contributed by atoms with Crippen molar-refractivity contribution in [3.05, 3.63) is 30.1 Å². The van der Waals surface area contributed by atoms with Crippen molar-refractivity contribution in [1.29, 1.82) is 0 Å². The number of piperidine rings is 1. The number of hydroxylamine groups is 2. The van der Waals surface area contributed by atoms with Crippen LogP contribution in [0.25, 0.3) is 11.0 Å². The number of nitrogens with zero attached hydrogens (tertiary/aromatic N) is 3. The van der Waals surface area contributed by atoms with Gasteiger partial charge in [-0.2, -0.15) is 0 Å². The second-order valence-corrected chi connectivity index (χ2v) is 6.48. The number of aryl methyl sites for hydroxylation is 1. The van der Waals surface area contributed by atoms with Crippen molar-refractivity contribution in [2.45, 2.75) is 52.0 Å². The van der Waals surface area contributed by atoms with Gasteiger partial charge in [-0.05, 0) is 49.8 Å². The number of hydrogen-bond acceptors (Lipinski definition) is 5. The summed E-state index contributed by atoms with van der Waals surface area (Å²) in [5.41, 5.74) is 2.45. The fourth-order valence-electron chi connectivity index (χ4n) is 3.48. The minimum Gasteiger partial charge on any atom is -0.433 e. The molecule has 6 heteroatoms. The fourth-order valence-corrected chi connectivity index (χ4v) is 3.48. The average molecular weight is 345 g/mol. The van der Waals surface area contributed by atoms with E-state index < -0.39 is 6.16 Å². The molecule has 0 unspecified atom stereocenters. The van der Waals surface area contributed by atoms with Crippen LogP contribution >= 0.6 is 0 Å². The van der Waals surface area contributed by atoms with E-state index in [1.54, 1.807) is 12.0 Å². The summed E-state index contributed by atoms with van der Waals surface area (Å²) in [5.74, 6) is 0.469. The maximum Gasteiger partial charge on any atom is 0.527 e. The lowest BCUT2D eigenvalue weighted by Crippen LogP contribution is -2.35. The minimum atomic E-state index is -0.610. The molecule has 1 saturated heterocycles. The molecule has 0 atom stereocenters. The van der Waals surface area contributed by atoms with Gasteiger partial charge in [0.1, 0.15) is 5.65 Å². The zero-order chi connectivity index (χ0) is 17.6. The number of carbonyl (C=O) groups excluding carboxylic acids is 1. The largest absolute Gasteiger partial charge is 0.527 e. The Balaban J connectivity index is 1.70. The number of carbonyl (C=O) groups is 1. The topological polar surface area (TPSA) is 56.6 Å². The molecule has 3 rings (SSSR count). The van der Waals surface area contributed by atoms with Crippen LogP contribution in [0.15, 0.2) is 24.5 Å². The SMILES string of the molecule is CCCCn1cc(C2CCN(OC(=O)OCC)CC2)c2cccnc21. The van der Waals surface area contributed by atoms with Gasteiger partial charge in [0.2, 0.25) is 0 Å². The second kappa shape index (κ2) is 8.34. The van der Waals surface area contributed by atoms with Gasteiger partial charge in [-0.25, -0.2) is 9.78 Å². The number of pyridine rings is 1. The van der Waals surface area contributed by atoms with E-state index in [9.17, 15) is 4.79 Å². The zero-order valence-electron chi connectivity index (χ0n) is 15.1. The van der Waals surface area contributed by atoms with E-state index in [-0.39, 0.29) is 0 Å². The third-order valence-electron chi connectivity index (χ3n) is 4.78. The van der Waals surface area contributed by atoms with Crippen LogP contribution in [0.5, 0.6) is 0 Å². The first-order valence-electron chi connectivity index (χ1n) is 9.26. The Bertz CT molecular complexity index is 705. The Hall–Kier alpha value is -2.08. The fraction of sp³-hybridized carbons (Fsp3) is 0.579. The van der Waals surface area contributed by atoms with E-state index in [1.165, 1.54) is 17.4 Å². The number of fused-ring (bicyclic) bond motifs is 1. The molecule has 1 aliphatic rings. The van der Waals surface area contributed by atoms with E-state index in [0.29, 0.717) is 12.5 Å². The number of ether oxygens (including phenoxy) is 1. The summed E-state index contributed by atoms with van der Waals surface area (Å²) in [6.07, 6.45) is 7.78. The Morgan fingerprint density at radius 2 is 2.12 bits per heavy atom. The molecule has 0 spiro atoms. The lowest BCUT2D eigenvalue weighted by Gasteiger charge is -2.29. The van der Waals surface area contributed by atoms with E-state index in [0.717, 1.165) is 44.5 Å². The summed E-state index contributed by atoms with van der Waals surface area (Å²) in [6, 6.07) is 4.18. The molecule has 0 aliphatic carbocycles. The summed E-state index contributed by atoms with van der Waals surface area (Å²) >= 11 is 0. The molecular formula is C19H27N3O3. The molecule has 136 valence electrons. The van der Waals surface area contributed by atoms with Crippen molar-refractivity contribution in [3.8, 4) is 0 Å². The molecule has 0 bridgehead atoms. The van der Waals surface area contributed by atoms with E-state index in [4.69, 9.17) is 9.57 Å². The highest BCUT2D eigenvalue weighted by atomic mass is 16.8. The molecule has 25 heavy (non-hydrogen) atoms. The van der Waals surface area contributed by atoms with Gasteiger partial charge in [0, 0.05) is 37.4 Å². The average Bonchev–Trinajstić information content (AvgIpc) is 3.00. The van der Waals surface area contributed by atoms with Crippen LogP contribution in [0.4, 0.5) is 4.79 Å². The summed E-state index contributed by atoms with van der Waals surface area (Å²) in [7, 11) is 0. The lowest BCUT2D eigenvalue weighted by molar-refractivity contribution is -0.138. The normalized spacial score (nSPS) is 16.2. The van der Waals surface area contributed by atoms with E-state index in [2.05, 4.69) is 28.7 Å². The molecule has 3 heterocycles. The molecular weight excluding hydrogens is 318 g/mol. The highest BCUT2D eigenvalue weighted by Gasteiger charge is 2.26. The van der Waals surface area contributed by atoms with Crippen LogP contribution in [0.2, 0.25) is 0 Å². The number of aromatic nitrogens is 2. The van der Waals surface area contributed by atoms with Crippen molar-refractivity contribution in [3.63, 3.8) is 0 Å². The second-order valence-electron chi connectivity index (χ2n) is 6.48. The summed E-state index contributed by atoms with van der Waals surface area (Å²) in [4.78, 5) is 21.3. The molecule has 2 aromatic rings. The van der Waals surface area contributed by atoms with Crippen molar-refractivity contribution in [2.24, 2.45) is 0 Å². The highest BCUT2D eigenvalue weighted by Crippen LogP contribution is 2.34. The number of rotatable bonds is 6. The van der Waals surface area contributed by atoms with Gasteiger partial charge in [-0.1, -0.05) is 13.3 Å². The molecule has 1 aliphatic heterocycles. The molecule has 6 nitrogen and oxygen atoms in total. The van der Waals surface area contributed by atoms with Crippen LogP contribution in [0, 0.1) is 0 Å². The zero-order valence-corrected chi connectivity index (χ0v) is 15.1. The number of hydrogen-bond donors (Lipinski definition) is 0. The first-order chi connectivity index (χ1) is 12.2. The summed E-state index contributed by atoms with van der Waals surface area (Å²) in [6.45, 7) is 6.78. The van der Waals surface area contributed by atoms with Crippen molar-refractivity contribution < 1.29 is 14.4 Å². The minimum absolute atomic E-state index is 0.333. The van der Waals surface area contributed by atoms with E-state index >= 15 is 0 Å². The Labute approximate surface area is 148 Å². The lowest BCUT2D eigenvalue weighted by atomic mass is 9.90. The molecule has 1 fully saturated rings. The van der Waals surface area contributed by atoms with Gasteiger partial charge in [0.15, 0.2) is 0 Å². The molecule has 0 amide bonds. The van der Waals surface area contributed by atoms with Crippen LogP contribution in [0.1, 0.15) is 51.0 Å². The van der Waals surface area contributed by atoms with E-state index in [1.807, 2.05) is 12.3 Å². The van der Waals surface area contributed by atoms with Crippen LogP contribution in [0.3, 0.4) is 0 Å². The number of unbranched alkanes of at least 4 members (excludes halogenated alkanes) is 1. The molecule has 0 aromatic carbocycles. The summed E-state index contributed by atoms with van der Waals surface area (Å²) < 4.78 is 7.13. The van der Waals surface area contributed by atoms with Crippen LogP contribution in [-0.4, -0.2) is 40.5 Å². The van der Waals surface area contributed by atoms with Gasteiger partial charge < -0.3 is 14.1 Å². The van der Waals surface area contributed by atoms with Crippen molar-refractivity contribution in [2.75, 3.05) is 19.7 Å². The first kappa shape index (κ1) is 17.7. The maximum absolute atomic E-state index is 11.4. The third kappa shape index (κ3) is 4.12. The molecule has 0 saturated carbocycles. The molecule has 2 aromatic heterocycles. The molecule has 0 N–H and O–H groups in total. The predicted octanol–water partition coefficient (Wildman–Crippen LogP) is 4.10. The van der Waals surface area contributed by atoms with Crippen molar-refractivity contribution in [1.82, 2.24) is 14.6 Å². The van der Waals surface area contributed by atoms with Gasteiger partial charge in [-0.3, -0.25) is 0 Å². The predicted molar refractivity (Wildman–Crippen MR) is 96.3 cm³/mol. The third-order valence-corrected chi connectivity index (χ3v) is 4.78. The Morgan fingerprint density at radius 1 is 1.32 bits per heavy atom. The van der Waals surface area contributed by atoms with Gasteiger partial charge in [0.05, 0.1) is 6.61 Å². The van der Waals surface area contributed by atoms with Gasteiger partial charge in [0.25, 0.3) is 0 Å². The smallest absolute Gasteiger partial charge is 0.433 e.